The third kappa shape index (κ3) is 2.33. The van der Waals surface area contributed by atoms with E-state index in [1.54, 1.807) is 0 Å². The molecular formula is C7H16N2. The molecule has 0 bridgehead atoms. The maximum absolute atomic E-state index is 3.40. The average molecular weight is 128 g/mol. The van der Waals surface area contributed by atoms with Crippen LogP contribution in [0.4, 0.5) is 0 Å². The van der Waals surface area contributed by atoms with Crippen molar-refractivity contribution < 1.29 is 0 Å². The molecule has 0 aromatic rings. The number of hydrogen-bond acceptors (Lipinski definition) is 2. The van der Waals surface area contributed by atoms with Gasteiger partial charge < -0.3 is 10.6 Å². The van der Waals surface area contributed by atoms with Gasteiger partial charge in [0.05, 0.1) is 0 Å². The second-order valence-corrected chi connectivity index (χ2v) is 2.73. The molecule has 0 atom stereocenters. The van der Waals surface area contributed by atoms with Crippen LogP contribution in [0.25, 0.3) is 0 Å². The number of rotatable bonds is 4. The van der Waals surface area contributed by atoms with E-state index in [4.69, 9.17) is 0 Å². The van der Waals surface area contributed by atoms with Gasteiger partial charge in [0, 0.05) is 19.6 Å². The average Bonchev–Trinajstić information content (AvgIpc) is 1.76. The molecule has 1 fully saturated rings. The van der Waals surface area contributed by atoms with Gasteiger partial charge in [-0.05, 0) is 18.9 Å². The predicted octanol–water partition coefficient (Wildman–Crippen LogP) is 0.205. The molecule has 0 spiro atoms. The van der Waals surface area contributed by atoms with Crippen LogP contribution in [0.15, 0.2) is 0 Å². The van der Waals surface area contributed by atoms with Gasteiger partial charge in [-0.15, -0.1) is 0 Å². The van der Waals surface area contributed by atoms with Crippen LogP contribution in [0, 0.1) is 5.92 Å². The Morgan fingerprint density at radius 2 is 2.33 bits per heavy atom. The van der Waals surface area contributed by atoms with Gasteiger partial charge in [0.15, 0.2) is 0 Å². The smallest absolute Gasteiger partial charge is 0.000394 e. The molecule has 0 saturated carbocycles. The van der Waals surface area contributed by atoms with Crippen molar-refractivity contribution in [3.8, 4) is 0 Å². The summed E-state index contributed by atoms with van der Waals surface area (Å²) in [5, 5.41) is 6.65. The summed E-state index contributed by atoms with van der Waals surface area (Å²) >= 11 is 0. The van der Waals surface area contributed by atoms with Crippen molar-refractivity contribution in [2.75, 3.05) is 26.2 Å². The van der Waals surface area contributed by atoms with Gasteiger partial charge in [0.2, 0.25) is 0 Å². The Morgan fingerprint density at radius 3 is 2.78 bits per heavy atom. The van der Waals surface area contributed by atoms with Gasteiger partial charge in [-0.2, -0.15) is 0 Å². The van der Waals surface area contributed by atoms with Gasteiger partial charge >= 0.3 is 0 Å². The van der Waals surface area contributed by atoms with Crippen molar-refractivity contribution in [3.63, 3.8) is 0 Å². The fourth-order valence-corrected chi connectivity index (χ4v) is 0.976. The SMILES string of the molecule is CCCNCC1CNC1. The van der Waals surface area contributed by atoms with E-state index in [1.807, 2.05) is 0 Å². The summed E-state index contributed by atoms with van der Waals surface area (Å²) in [6.07, 6.45) is 1.25. The van der Waals surface area contributed by atoms with Gasteiger partial charge in [0.1, 0.15) is 0 Å². The van der Waals surface area contributed by atoms with Crippen LogP contribution in [-0.2, 0) is 0 Å². The molecule has 54 valence electrons. The van der Waals surface area contributed by atoms with E-state index < -0.39 is 0 Å². The second-order valence-electron chi connectivity index (χ2n) is 2.73. The minimum absolute atomic E-state index is 0.913. The summed E-state index contributed by atoms with van der Waals surface area (Å²) in [5.41, 5.74) is 0. The Balaban J connectivity index is 1.80. The van der Waals surface area contributed by atoms with Gasteiger partial charge in [-0.3, -0.25) is 0 Å². The van der Waals surface area contributed by atoms with E-state index in [2.05, 4.69) is 17.6 Å². The van der Waals surface area contributed by atoms with Crippen LogP contribution in [0.5, 0.6) is 0 Å². The first-order valence-electron chi connectivity index (χ1n) is 3.85. The van der Waals surface area contributed by atoms with Gasteiger partial charge in [-0.25, -0.2) is 0 Å². The number of hydrogen-bond donors (Lipinski definition) is 2. The molecule has 2 nitrogen and oxygen atoms in total. The Labute approximate surface area is 57.0 Å². The third-order valence-corrected chi connectivity index (χ3v) is 1.73. The van der Waals surface area contributed by atoms with Crippen molar-refractivity contribution in [2.45, 2.75) is 13.3 Å². The Kier molecular flexibility index (Phi) is 3.01. The first-order chi connectivity index (χ1) is 4.43. The molecule has 0 radical (unpaired) electrons. The fourth-order valence-electron chi connectivity index (χ4n) is 0.976. The minimum Gasteiger partial charge on any atom is -0.316 e. The highest BCUT2D eigenvalue weighted by atomic mass is 15.0. The maximum atomic E-state index is 3.40. The zero-order valence-electron chi connectivity index (χ0n) is 6.11. The highest BCUT2D eigenvalue weighted by Crippen LogP contribution is 1.99. The van der Waals surface area contributed by atoms with E-state index >= 15 is 0 Å². The molecule has 0 unspecified atom stereocenters. The van der Waals surface area contributed by atoms with Gasteiger partial charge in [0.25, 0.3) is 0 Å². The molecule has 0 aliphatic carbocycles. The summed E-state index contributed by atoms with van der Waals surface area (Å²) in [4.78, 5) is 0. The van der Waals surface area contributed by atoms with Crippen molar-refractivity contribution in [2.24, 2.45) is 5.92 Å². The Morgan fingerprint density at radius 1 is 1.56 bits per heavy atom. The first kappa shape index (κ1) is 7.03. The summed E-state index contributed by atoms with van der Waals surface area (Å²) < 4.78 is 0. The lowest BCUT2D eigenvalue weighted by Gasteiger charge is -2.27. The molecule has 9 heavy (non-hydrogen) atoms. The molecule has 1 aliphatic heterocycles. The van der Waals surface area contributed by atoms with E-state index in [0.717, 1.165) is 5.92 Å². The molecule has 0 aromatic carbocycles. The topological polar surface area (TPSA) is 24.1 Å². The normalized spacial score (nSPS) is 19.7. The fraction of sp³-hybridized carbons (Fsp3) is 1.00. The van der Waals surface area contributed by atoms with E-state index in [1.165, 1.54) is 32.6 Å². The zero-order valence-corrected chi connectivity index (χ0v) is 6.11. The maximum Gasteiger partial charge on any atom is 0.000394 e. The van der Waals surface area contributed by atoms with E-state index in [0.29, 0.717) is 0 Å². The summed E-state index contributed by atoms with van der Waals surface area (Å²) in [6.45, 7) is 7.02. The second kappa shape index (κ2) is 3.85. The lowest BCUT2D eigenvalue weighted by molar-refractivity contribution is 0.332. The third-order valence-electron chi connectivity index (χ3n) is 1.73. The van der Waals surface area contributed by atoms with Crippen LogP contribution in [0.3, 0.4) is 0 Å². The molecule has 1 aliphatic rings. The van der Waals surface area contributed by atoms with E-state index in [9.17, 15) is 0 Å². The molecule has 2 N–H and O–H groups in total. The highest BCUT2D eigenvalue weighted by Gasteiger charge is 2.14. The molecule has 0 amide bonds. The van der Waals surface area contributed by atoms with Crippen LogP contribution in [0.1, 0.15) is 13.3 Å². The van der Waals surface area contributed by atoms with Crippen LogP contribution >= 0.6 is 0 Å². The Bertz CT molecular complexity index is 69.3. The molecule has 1 saturated heterocycles. The zero-order chi connectivity index (χ0) is 6.53. The van der Waals surface area contributed by atoms with Gasteiger partial charge in [-0.1, -0.05) is 6.92 Å². The lowest BCUT2D eigenvalue weighted by atomic mass is 10.0. The molecule has 0 aromatic heterocycles. The molecule has 1 heterocycles. The monoisotopic (exact) mass is 128 g/mol. The van der Waals surface area contributed by atoms with E-state index in [-0.39, 0.29) is 0 Å². The highest BCUT2D eigenvalue weighted by molar-refractivity contribution is 4.75. The van der Waals surface area contributed by atoms with Crippen LogP contribution in [-0.4, -0.2) is 26.2 Å². The Hall–Kier alpha value is -0.0800. The minimum atomic E-state index is 0.913. The van der Waals surface area contributed by atoms with Crippen molar-refractivity contribution in [1.29, 1.82) is 0 Å². The largest absolute Gasteiger partial charge is 0.316 e. The summed E-state index contributed by atoms with van der Waals surface area (Å²) in [7, 11) is 0. The lowest BCUT2D eigenvalue weighted by Crippen LogP contribution is -2.47. The predicted molar refractivity (Wildman–Crippen MR) is 39.5 cm³/mol. The molecular weight excluding hydrogens is 112 g/mol. The molecule has 1 rings (SSSR count). The van der Waals surface area contributed by atoms with Crippen LogP contribution < -0.4 is 10.6 Å². The van der Waals surface area contributed by atoms with Crippen molar-refractivity contribution in [1.82, 2.24) is 10.6 Å². The standard InChI is InChI=1S/C7H16N2/c1-2-3-8-4-7-5-9-6-7/h7-9H,2-6H2,1H3. The van der Waals surface area contributed by atoms with Crippen molar-refractivity contribution in [3.05, 3.63) is 0 Å². The number of nitrogens with one attached hydrogen (secondary N) is 2. The van der Waals surface area contributed by atoms with Crippen LogP contribution in [0.2, 0.25) is 0 Å². The van der Waals surface area contributed by atoms with Crippen molar-refractivity contribution >= 4 is 0 Å². The quantitative estimate of drug-likeness (QED) is 0.529. The first-order valence-corrected chi connectivity index (χ1v) is 3.85. The molecule has 2 heteroatoms. The summed E-state index contributed by atoms with van der Waals surface area (Å²) in [6, 6.07) is 0. The summed E-state index contributed by atoms with van der Waals surface area (Å²) in [5.74, 6) is 0.913.